The molecule has 1 atom stereocenters. The van der Waals surface area contributed by atoms with Crippen molar-refractivity contribution in [3.8, 4) is 0 Å². The smallest absolute Gasteiger partial charge is 0.305 e. The van der Waals surface area contributed by atoms with Gasteiger partial charge < -0.3 is 10.4 Å². The first-order chi connectivity index (χ1) is 8.07. The fourth-order valence-corrected chi connectivity index (χ4v) is 2.85. The molecule has 5 heteroatoms. The van der Waals surface area contributed by atoms with Crippen LogP contribution in [0, 0.1) is 5.92 Å². The molecule has 96 valence electrons. The number of piperidine rings is 1. The summed E-state index contributed by atoms with van der Waals surface area (Å²) in [6, 6.07) is 0. The predicted octanol–water partition coefficient (Wildman–Crippen LogP) is 0.104. The summed E-state index contributed by atoms with van der Waals surface area (Å²) >= 11 is 0. The summed E-state index contributed by atoms with van der Waals surface area (Å²) in [5.74, 6) is -0.326. The van der Waals surface area contributed by atoms with E-state index in [1.165, 1.54) is 0 Å². The lowest BCUT2D eigenvalue weighted by Crippen LogP contribution is -2.71. The Balaban J connectivity index is 2.05. The molecule has 0 aromatic carbocycles. The average molecular weight is 240 g/mol. The summed E-state index contributed by atoms with van der Waals surface area (Å²) in [5, 5.41) is 12.2. The van der Waals surface area contributed by atoms with Gasteiger partial charge in [0.1, 0.15) is 5.78 Å². The van der Waals surface area contributed by atoms with E-state index in [-0.39, 0.29) is 17.9 Å². The van der Waals surface area contributed by atoms with Crippen molar-refractivity contribution in [2.24, 2.45) is 5.92 Å². The molecule has 0 aromatic rings. The third-order valence-corrected chi connectivity index (χ3v) is 4.08. The van der Waals surface area contributed by atoms with Crippen molar-refractivity contribution in [2.45, 2.75) is 31.7 Å². The quantitative estimate of drug-likeness (QED) is 0.729. The first-order valence-corrected chi connectivity index (χ1v) is 6.28. The van der Waals surface area contributed by atoms with Gasteiger partial charge in [0, 0.05) is 38.5 Å². The summed E-state index contributed by atoms with van der Waals surface area (Å²) < 4.78 is 0. The molecule has 2 saturated heterocycles. The summed E-state index contributed by atoms with van der Waals surface area (Å²) in [6.07, 6.45) is 1.59. The second-order valence-electron chi connectivity index (χ2n) is 5.17. The lowest BCUT2D eigenvalue weighted by Gasteiger charge is -2.52. The topological polar surface area (TPSA) is 69.6 Å². The Labute approximate surface area is 101 Å². The van der Waals surface area contributed by atoms with Gasteiger partial charge in [0.25, 0.3) is 0 Å². The van der Waals surface area contributed by atoms with Gasteiger partial charge in [-0.2, -0.15) is 0 Å². The van der Waals surface area contributed by atoms with Crippen LogP contribution in [0.25, 0.3) is 0 Å². The SMILES string of the molecule is CCC1CN(C2(CC(=O)O)CNC2)CCC1=O. The highest BCUT2D eigenvalue weighted by Crippen LogP contribution is 2.29. The first-order valence-electron chi connectivity index (χ1n) is 6.28. The molecule has 2 aliphatic rings. The van der Waals surface area contributed by atoms with Crippen LogP contribution in [0.2, 0.25) is 0 Å². The highest BCUT2D eigenvalue weighted by Gasteiger charge is 2.46. The second kappa shape index (κ2) is 4.74. The van der Waals surface area contributed by atoms with Crippen LogP contribution in [0.4, 0.5) is 0 Å². The third-order valence-electron chi connectivity index (χ3n) is 4.08. The average Bonchev–Trinajstić information content (AvgIpc) is 2.24. The molecule has 0 amide bonds. The largest absolute Gasteiger partial charge is 0.481 e. The Morgan fingerprint density at radius 1 is 1.59 bits per heavy atom. The lowest BCUT2D eigenvalue weighted by atomic mass is 9.82. The number of rotatable bonds is 4. The molecule has 2 N–H and O–H groups in total. The molecule has 0 aliphatic carbocycles. The van der Waals surface area contributed by atoms with Gasteiger partial charge in [-0.05, 0) is 6.42 Å². The number of Topliss-reactive ketones (excluding diaryl/α,β-unsaturated/α-hetero) is 1. The Bertz CT molecular complexity index is 326. The van der Waals surface area contributed by atoms with E-state index in [1.807, 2.05) is 6.92 Å². The van der Waals surface area contributed by atoms with Crippen LogP contribution in [-0.2, 0) is 9.59 Å². The number of likely N-dealkylation sites (tertiary alicyclic amines) is 1. The molecule has 0 aromatic heterocycles. The number of ketones is 1. The highest BCUT2D eigenvalue weighted by atomic mass is 16.4. The van der Waals surface area contributed by atoms with Crippen molar-refractivity contribution in [2.75, 3.05) is 26.2 Å². The molecule has 2 rings (SSSR count). The number of carbonyl (C=O) groups excluding carboxylic acids is 1. The highest BCUT2D eigenvalue weighted by molar-refractivity contribution is 5.82. The van der Waals surface area contributed by atoms with Crippen molar-refractivity contribution < 1.29 is 14.7 Å². The minimum Gasteiger partial charge on any atom is -0.481 e. The molecular formula is C12H20N2O3. The Morgan fingerprint density at radius 2 is 2.29 bits per heavy atom. The van der Waals surface area contributed by atoms with E-state index in [0.717, 1.165) is 26.1 Å². The van der Waals surface area contributed by atoms with E-state index in [1.54, 1.807) is 0 Å². The van der Waals surface area contributed by atoms with Gasteiger partial charge in [0.15, 0.2) is 0 Å². The van der Waals surface area contributed by atoms with Gasteiger partial charge in [-0.25, -0.2) is 0 Å². The second-order valence-corrected chi connectivity index (χ2v) is 5.17. The molecule has 17 heavy (non-hydrogen) atoms. The molecule has 2 fully saturated rings. The molecule has 0 radical (unpaired) electrons. The molecule has 5 nitrogen and oxygen atoms in total. The first kappa shape index (κ1) is 12.5. The molecule has 0 spiro atoms. The van der Waals surface area contributed by atoms with Crippen LogP contribution >= 0.6 is 0 Å². The molecule has 0 bridgehead atoms. The Morgan fingerprint density at radius 3 is 2.76 bits per heavy atom. The molecule has 2 heterocycles. The molecular weight excluding hydrogens is 220 g/mol. The summed E-state index contributed by atoms with van der Waals surface area (Å²) in [4.78, 5) is 24.8. The minimum absolute atomic E-state index is 0.0926. The van der Waals surface area contributed by atoms with Gasteiger partial charge in [-0.3, -0.25) is 14.5 Å². The maximum Gasteiger partial charge on any atom is 0.305 e. The van der Waals surface area contributed by atoms with Crippen LogP contribution in [0.1, 0.15) is 26.2 Å². The van der Waals surface area contributed by atoms with Gasteiger partial charge in [0.2, 0.25) is 0 Å². The number of hydrogen-bond donors (Lipinski definition) is 2. The molecule has 2 aliphatic heterocycles. The predicted molar refractivity (Wildman–Crippen MR) is 62.8 cm³/mol. The van der Waals surface area contributed by atoms with Crippen LogP contribution in [0.5, 0.6) is 0 Å². The fraction of sp³-hybridized carbons (Fsp3) is 0.833. The lowest BCUT2D eigenvalue weighted by molar-refractivity contribution is -0.143. The number of nitrogens with one attached hydrogen (secondary N) is 1. The van der Waals surface area contributed by atoms with Crippen molar-refractivity contribution in [3.63, 3.8) is 0 Å². The normalized spacial score (nSPS) is 28.8. The van der Waals surface area contributed by atoms with E-state index in [9.17, 15) is 9.59 Å². The zero-order chi connectivity index (χ0) is 12.5. The zero-order valence-electron chi connectivity index (χ0n) is 10.2. The Kier molecular flexibility index (Phi) is 3.49. The van der Waals surface area contributed by atoms with E-state index in [2.05, 4.69) is 10.2 Å². The van der Waals surface area contributed by atoms with Crippen LogP contribution < -0.4 is 5.32 Å². The summed E-state index contributed by atoms with van der Waals surface area (Å²) in [7, 11) is 0. The minimum atomic E-state index is -0.753. The van der Waals surface area contributed by atoms with Gasteiger partial charge in [-0.15, -0.1) is 0 Å². The fourth-order valence-electron chi connectivity index (χ4n) is 2.85. The van der Waals surface area contributed by atoms with Gasteiger partial charge in [0.05, 0.1) is 12.0 Å². The van der Waals surface area contributed by atoms with Crippen molar-refractivity contribution in [3.05, 3.63) is 0 Å². The van der Waals surface area contributed by atoms with E-state index in [0.29, 0.717) is 18.7 Å². The maximum atomic E-state index is 11.7. The molecule has 1 unspecified atom stereocenters. The van der Waals surface area contributed by atoms with E-state index < -0.39 is 5.97 Å². The number of aliphatic carboxylic acids is 1. The van der Waals surface area contributed by atoms with E-state index >= 15 is 0 Å². The maximum absolute atomic E-state index is 11.7. The van der Waals surface area contributed by atoms with Crippen LogP contribution in [0.15, 0.2) is 0 Å². The number of carbonyl (C=O) groups is 2. The zero-order valence-corrected chi connectivity index (χ0v) is 10.2. The third kappa shape index (κ3) is 2.35. The van der Waals surface area contributed by atoms with Crippen molar-refractivity contribution >= 4 is 11.8 Å². The van der Waals surface area contributed by atoms with E-state index in [4.69, 9.17) is 5.11 Å². The van der Waals surface area contributed by atoms with Gasteiger partial charge >= 0.3 is 5.97 Å². The van der Waals surface area contributed by atoms with Crippen LogP contribution in [0.3, 0.4) is 0 Å². The summed E-state index contributed by atoms with van der Waals surface area (Å²) in [6.45, 7) is 4.91. The number of carboxylic acid groups (broad SMARTS) is 1. The summed E-state index contributed by atoms with van der Waals surface area (Å²) in [5.41, 5.74) is -0.250. The van der Waals surface area contributed by atoms with Crippen molar-refractivity contribution in [1.29, 1.82) is 0 Å². The molecule has 0 saturated carbocycles. The van der Waals surface area contributed by atoms with Crippen molar-refractivity contribution in [1.82, 2.24) is 10.2 Å². The monoisotopic (exact) mass is 240 g/mol. The number of nitrogens with zero attached hydrogens (tertiary/aromatic N) is 1. The van der Waals surface area contributed by atoms with Crippen LogP contribution in [-0.4, -0.2) is 53.5 Å². The van der Waals surface area contributed by atoms with Gasteiger partial charge in [-0.1, -0.05) is 6.92 Å². The number of hydrogen-bond acceptors (Lipinski definition) is 4. The Hall–Kier alpha value is -0.940. The standard InChI is InChI=1S/C12H20N2O3/c1-2-9-6-14(4-3-10(9)15)12(5-11(16)17)7-13-8-12/h9,13H,2-8H2,1H3,(H,16,17). The number of carboxylic acids is 1.